The monoisotopic (exact) mass is 264 g/mol. The lowest BCUT2D eigenvalue weighted by molar-refractivity contribution is 0.304. The van der Waals surface area contributed by atoms with Crippen LogP contribution in [0.4, 0.5) is 0 Å². The first-order valence-electron chi connectivity index (χ1n) is 7.48. The normalized spacial score (nSPS) is 24.1. The molecular weight excluding hydrogens is 240 g/mol. The molecule has 0 heterocycles. The van der Waals surface area contributed by atoms with Gasteiger partial charge in [0.05, 0.1) is 0 Å². The highest BCUT2D eigenvalue weighted by Gasteiger charge is 2.21. The van der Waals surface area contributed by atoms with Crippen LogP contribution in [0, 0.1) is 5.92 Å². The van der Waals surface area contributed by atoms with Gasteiger partial charge in [0.2, 0.25) is 0 Å². The summed E-state index contributed by atoms with van der Waals surface area (Å²) in [4.78, 5) is 0. The van der Waals surface area contributed by atoms with Gasteiger partial charge in [0, 0.05) is 5.88 Å². The van der Waals surface area contributed by atoms with Gasteiger partial charge in [-0.25, -0.2) is 0 Å². The van der Waals surface area contributed by atoms with Crippen molar-refractivity contribution in [2.45, 2.75) is 63.7 Å². The Morgan fingerprint density at radius 3 is 2.28 bits per heavy atom. The molecule has 2 rings (SSSR count). The van der Waals surface area contributed by atoms with Crippen molar-refractivity contribution in [2.75, 3.05) is 0 Å². The van der Waals surface area contributed by atoms with Crippen LogP contribution in [-0.2, 0) is 5.88 Å². The first-order valence-corrected chi connectivity index (χ1v) is 8.01. The van der Waals surface area contributed by atoms with Gasteiger partial charge in [-0.3, -0.25) is 0 Å². The molecule has 0 N–H and O–H groups in total. The first-order chi connectivity index (χ1) is 8.83. The average molecular weight is 265 g/mol. The molecule has 1 saturated carbocycles. The van der Waals surface area contributed by atoms with E-state index in [0.29, 0.717) is 5.88 Å². The van der Waals surface area contributed by atoms with E-state index in [-0.39, 0.29) is 0 Å². The molecule has 0 unspecified atom stereocenters. The van der Waals surface area contributed by atoms with Gasteiger partial charge < -0.3 is 0 Å². The summed E-state index contributed by atoms with van der Waals surface area (Å²) in [6, 6.07) is 8.94. The molecule has 1 aliphatic rings. The summed E-state index contributed by atoms with van der Waals surface area (Å²) in [5.41, 5.74) is 2.76. The van der Waals surface area contributed by atoms with Crippen LogP contribution in [0.1, 0.15) is 68.9 Å². The quantitative estimate of drug-likeness (QED) is 0.582. The summed E-state index contributed by atoms with van der Waals surface area (Å²) >= 11 is 5.83. The predicted octanol–water partition coefficient (Wildman–Crippen LogP) is 5.89. The van der Waals surface area contributed by atoms with E-state index in [2.05, 4.69) is 31.2 Å². The van der Waals surface area contributed by atoms with Crippen molar-refractivity contribution < 1.29 is 0 Å². The fourth-order valence-electron chi connectivity index (χ4n) is 3.16. The second-order valence-corrected chi connectivity index (χ2v) is 6.00. The van der Waals surface area contributed by atoms with Crippen molar-refractivity contribution in [1.29, 1.82) is 0 Å². The van der Waals surface area contributed by atoms with Crippen LogP contribution >= 0.6 is 11.6 Å². The smallest absolute Gasteiger partial charge is 0.0474 e. The molecule has 0 aromatic heterocycles. The minimum absolute atomic E-state index is 0.629. The molecule has 0 atom stereocenters. The summed E-state index contributed by atoms with van der Waals surface area (Å²) in [7, 11) is 0. The standard InChI is InChI=1S/C17H25Cl/c1-2-3-4-14-5-9-16(10-6-14)17-11-7-15(13-18)8-12-17/h7-8,11-12,14,16H,2-6,9-10,13H2,1H3. The Bertz CT molecular complexity index is 333. The molecule has 0 aliphatic heterocycles. The van der Waals surface area contributed by atoms with E-state index in [0.717, 1.165) is 11.8 Å². The van der Waals surface area contributed by atoms with Gasteiger partial charge in [-0.1, -0.05) is 50.5 Å². The van der Waals surface area contributed by atoms with Gasteiger partial charge >= 0.3 is 0 Å². The Labute approximate surface area is 117 Å². The van der Waals surface area contributed by atoms with Crippen molar-refractivity contribution in [1.82, 2.24) is 0 Å². The lowest BCUT2D eigenvalue weighted by Crippen LogP contribution is -2.13. The predicted molar refractivity (Wildman–Crippen MR) is 80.2 cm³/mol. The topological polar surface area (TPSA) is 0 Å². The van der Waals surface area contributed by atoms with Crippen LogP contribution in [0.3, 0.4) is 0 Å². The molecule has 1 aliphatic carbocycles. The Kier molecular flexibility index (Phi) is 5.56. The average Bonchev–Trinajstić information content (AvgIpc) is 2.46. The van der Waals surface area contributed by atoms with E-state index < -0.39 is 0 Å². The van der Waals surface area contributed by atoms with Crippen molar-refractivity contribution >= 4 is 11.6 Å². The molecule has 1 heteroatoms. The fraction of sp³-hybridized carbons (Fsp3) is 0.647. The van der Waals surface area contributed by atoms with Gasteiger partial charge in [0.15, 0.2) is 0 Å². The van der Waals surface area contributed by atoms with Crippen LogP contribution in [-0.4, -0.2) is 0 Å². The summed E-state index contributed by atoms with van der Waals surface area (Å²) < 4.78 is 0. The number of benzene rings is 1. The van der Waals surface area contributed by atoms with Gasteiger partial charge in [0.25, 0.3) is 0 Å². The van der Waals surface area contributed by atoms with Crippen LogP contribution in [0.15, 0.2) is 24.3 Å². The van der Waals surface area contributed by atoms with E-state index in [1.165, 1.54) is 56.1 Å². The third-order valence-corrected chi connectivity index (χ3v) is 4.73. The molecule has 1 fully saturated rings. The molecule has 1 aromatic carbocycles. The summed E-state index contributed by atoms with van der Waals surface area (Å²) in [6.07, 6.45) is 9.85. The number of halogens is 1. The third-order valence-electron chi connectivity index (χ3n) is 4.42. The van der Waals surface area contributed by atoms with Crippen LogP contribution in [0.2, 0.25) is 0 Å². The molecule has 0 spiro atoms. The van der Waals surface area contributed by atoms with E-state index in [9.17, 15) is 0 Å². The molecule has 1 aromatic rings. The van der Waals surface area contributed by atoms with Gasteiger partial charge in [0.1, 0.15) is 0 Å². The molecule has 0 amide bonds. The Morgan fingerprint density at radius 1 is 1.06 bits per heavy atom. The maximum Gasteiger partial charge on any atom is 0.0474 e. The maximum atomic E-state index is 5.83. The van der Waals surface area contributed by atoms with Crippen LogP contribution < -0.4 is 0 Å². The zero-order chi connectivity index (χ0) is 12.8. The molecule has 0 saturated heterocycles. The summed E-state index contributed by atoms with van der Waals surface area (Å²) in [5, 5.41) is 0. The van der Waals surface area contributed by atoms with E-state index >= 15 is 0 Å². The van der Waals surface area contributed by atoms with E-state index in [1.807, 2.05) is 0 Å². The minimum atomic E-state index is 0.629. The lowest BCUT2D eigenvalue weighted by atomic mass is 9.77. The second kappa shape index (κ2) is 7.19. The highest BCUT2D eigenvalue weighted by atomic mass is 35.5. The summed E-state index contributed by atoms with van der Waals surface area (Å²) in [5.74, 6) is 2.43. The Hall–Kier alpha value is -0.490. The molecule has 0 nitrogen and oxygen atoms in total. The largest absolute Gasteiger partial charge is 0.122 e. The number of alkyl halides is 1. The Morgan fingerprint density at radius 2 is 1.72 bits per heavy atom. The number of hydrogen-bond acceptors (Lipinski definition) is 0. The van der Waals surface area contributed by atoms with Gasteiger partial charge in [-0.15, -0.1) is 11.6 Å². The van der Waals surface area contributed by atoms with Crippen molar-refractivity contribution in [3.05, 3.63) is 35.4 Å². The zero-order valence-electron chi connectivity index (χ0n) is 11.5. The molecule has 0 bridgehead atoms. The number of hydrogen-bond donors (Lipinski definition) is 0. The van der Waals surface area contributed by atoms with Crippen molar-refractivity contribution in [2.24, 2.45) is 5.92 Å². The molecule has 0 radical (unpaired) electrons. The highest BCUT2D eigenvalue weighted by molar-refractivity contribution is 6.17. The minimum Gasteiger partial charge on any atom is -0.122 e. The number of unbranched alkanes of at least 4 members (excludes halogenated alkanes) is 1. The lowest BCUT2D eigenvalue weighted by Gasteiger charge is -2.28. The molecular formula is C17H25Cl. The van der Waals surface area contributed by atoms with Gasteiger partial charge in [-0.2, -0.15) is 0 Å². The highest BCUT2D eigenvalue weighted by Crippen LogP contribution is 2.37. The molecule has 18 heavy (non-hydrogen) atoms. The zero-order valence-corrected chi connectivity index (χ0v) is 12.3. The van der Waals surface area contributed by atoms with Crippen molar-refractivity contribution in [3.63, 3.8) is 0 Å². The SMILES string of the molecule is CCCCC1CCC(c2ccc(CCl)cc2)CC1. The van der Waals surface area contributed by atoms with Crippen LogP contribution in [0.5, 0.6) is 0 Å². The van der Waals surface area contributed by atoms with Crippen molar-refractivity contribution in [3.8, 4) is 0 Å². The third kappa shape index (κ3) is 3.75. The maximum absolute atomic E-state index is 5.83. The fourth-order valence-corrected chi connectivity index (χ4v) is 3.33. The number of rotatable bonds is 5. The Balaban J connectivity index is 1.84. The summed E-state index contributed by atoms with van der Waals surface area (Å²) in [6.45, 7) is 2.30. The second-order valence-electron chi connectivity index (χ2n) is 5.74. The van der Waals surface area contributed by atoms with E-state index in [4.69, 9.17) is 11.6 Å². The van der Waals surface area contributed by atoms with Crippen LogP contribution in [0.25, 0.3) is 0 Å². The first kappa shape index (κ1) is 13.9. The molecule has 100 valence electrons. The van der Waals surface area contributed by atoms with Gasteiger partial charge in [-0.05, 0) is 48.6 Å². The van der Waals surface area contributed by atoms with E-state index in [1.54, 1.807) is 0 Å².